The van der Waals surface area contributed by atoms with Gasteiger partial charge in [-0.15, -0.1) is 0 Å². The molecule has 2 aliphatic rings. The first-order valence-corrected chi connectivity index (χ1v) is 10.2. The number of rotatable bonds is 3. The summed E-state index contributed by atoms with van der Waals surface area (Å²) >= 11 is 3.50. The van der Waals surface area contributed by atoms with Crippen LogP contribution in [0, 0.1) is 0 Å². The van der Waals surface area contributed by atoms with Crippen molar-refractivity contribution in [2.75, 3.05) is 11.9 Å². The maximum Gasteiger partial charge on any atom is 0.343 e. The zero-order valence-corrected chi connectivity index (χ0v) is 18.0. The van der Waals surface area contributed by atoms with Crippen molar-refractivity contribution in [2.45, 2.75) is 32.1 Å². The number of allylic oxidation sites excluding steroid dienone is 3. The zero-order chi connectivity index (χ0) is 21.6. The van der Waals surface area contributed by atoms with E-state index in [1.807, 2.05) is 42.2 Å². The normalized spacial score (nSPS) is 20.5. The van der Waals surface area contributed by atoms with Gasteiger partial charge in [-0.1, -0.05) is 25.1 Å². The summed E-state index contributed by atoms with van der Waals surface area (Å²) in [6.07, 6.45) is 1.65. The van der Waals surface area contributed by atoms with Gasteiger partial charge >= 0.3 is 5.97 Å². The Balaban J connectivity index is 1.80. The van der Waals surface area contributed by atoms with Crippen molar-refractivity contribution in [1.82, 2.24) is 4.57 Å². The van der Waals surface area contributed by atoms with Gasteiger partial charge in [0.2, 0.25) is 0 Å². The third kappa shape index (κ3) is 2.88. The van der Waals surface area contributed by atoms with Crippen LogP contribution in [0.15, 0.2) is 51.5 Å². The molecule has 0 bridgehead atoms. The quantitative estimate of drug-likeness (QED) is 0.547. The minimum Gasteiger partial charge on any atom is -0.458 e. The van der Waals surface area contributed by atoms with E-state index in [4.69, 9.17) is 4.74 Å². The predicted molar refractivity (Wildman–Crippen MR) is 115 cm³/mol. The van der Waals surface area contributed by atoms with Crippen LogP contribution in [-0.4, -0.2) is 28.6 Å². The van der Waals surface area contributed by atoms with E-state index < -0.39 is 11.6 Å². The second-order valence-electron chi connectivity index (χ2n) is 7.24. The summed E-state index contributed by atoms with van der Waals surface area (Å²) in [7, 11) is 1.86. The largest absolute Gasteiger partial charge is 0.458 e. The average molecular weight is 471 g/mol. The highest BCUT2D eigenvalue weighted by Crippen LogP contribution is 2.41. The van der Waals surface area contributed by atoms with Gasteiger partial charge < -0.3 is 19.3 Å². The van der Waals surface area contributed by atoms with Crippen LogP contribution in [0.2, 0.25) is 0 Å². The monoisotopic (exact) mass is 470 g/mol. The standard InChI is InChI=1S/C22H19BrN2O5/c1-3-22(29)16-8-9-25(20(27)15(16)12-30-21(22)28)10-18-19(23)14(11-26)13-6-4-5-7-17(13)24(18)2/h4-9,29H,3,10,12H2,1-2H3/t22-/m0/s1. The number of aromatic nitrogens is 1. The minimum absolute atomic E-state index is 0.103. The Kier molecular flexibility index (Phi) is 5.02. The fourth-order valence-corrected chi connectivity index (χ4v) is 4.63. The Morgan fingerprint density at radius 3 is 2.70 bits per heavy atom. The number of likely N-dealkylation sites (N-methyl/N-ethyl adjacent to an activating group) is 1. The fourth-order valence-electron chi connectivity index (χ4n) is 3.94. The molecule has 154 valence electrons. The number of benzene rings is 1. The molecule has 0 saturated carbocycles. The molecule has 3 heterocycles. The Morgan fingerprint density at radius 2 is 2.00 bits per heavy atom. The number of nitrogens with zero attached hydrogens (tertiary/aromatic N) is 2. The maximum absolute atomic E-state index is 13.1. The first kappa shape index (κ1) is 20.3. The molecule has 1 aromatic heterocycles. The Hall–Kier alpha value is -2.93. The van der Waals surface area contributed by atoms with Gasteiger partial charge in [0, 0.05) is 30.1 Å². The van der Waals surface area contributed by atoms with Gasteiger partial charge in [-0.3, -0.25) is 4.79 Å². The SMILES string of the molecule is CC[C@@]1(O)C(=O)OCc2c1ccn(CC1=C(Br)C(=C=O)c3ccccc3N1C)c2=O. The first-order valence-electron chi connectivity index (χ1n) is 9.43. The Bertz CT molecular complexity index is 1210. The molecule has 1 N–H and O–H groups in total. The molecule has 2 aliphatic heterocycles. The molecule has 1 atom stereocenters. The Morgan fingerprint density at radius 1 is 1.27 bits per heavy atom. The zero-order valence-electron chi connectivity index (χ0n) is 16.4. The third-order valence-electron chi connectivity index (χ3n) is 5.74. The van der Waals surface area contributed by atoms with Crippen LogP contribution in [-0.2, 0) is 33.1 Å². The highest BCUT2D eigenvalue weighted by molar-refractivity contribution is 9.12. The highest BCUT2D eigenvalue weighted by atomic mass is 79.9. The number of pyridine rings is 1. The van der Waals surface area contributed by atoms with E-state index in [0.717, 1.165) is 11.3 Å². The molecule has 30 heavy (non-hydrogen) atoms. The molecule has 0 unspecified atom stereocenters. The number of esters is 1. The number of anilines is 1. The number of fused-ring (bicyclic) bond motifs is 2. The Labute approximate surface area is 181 Å². The summed E-state index contributed by atoms with van der Waals surface area (Å²) in [5, 5.41) is 10.7. The number of halogens is 1. The average Bonchev–Trinajstić information content (AvgIpc) is 2.75. The summed E-state index contributed by atoms with van der Waals surface area (Å²) in [6, 6.07) is 9.04. The van der Waals surface area contributed by atoms with E-state index in [2.05, 4.69) is 15.9 Å². The summed E-state index contributed by atoms with van der Waals surface area (Å²) < 4.78 is 7.10. The van der Waals surface area contributed by atoms with Gasteiger partial charge in [-0.2, -0.15) is 0 Å². The third-order valence-corrected chi connectivity index (χ3v) is 6.60. The van der Waals surface area contributed by atoms with E-state index in [0.29, 0.717) is 15.8 Å². The molecule has 8 heteroatoms. The van der Waals surface area contributed by atoms with Gasteiger partial charge in [0.05, 0.1) is 27.9 Å². The number of hydrogen-bond donors (Lipinski definition) is 1. The molecule has 0 radical (unpaired) electrons. The second-order valence-corrected chi connectivity index (χ2v) is 8.04. The number of carbonyl (C=O) groups is 1. The van der Waals surface area contributed by atoms with Crippen LogP contribution in [0.3, 0.4) is 0 Å². The minimum atomic E-state index is -1.82. The molecule has 0 amide bonds. The van der Waals surface area contributed by atoms with Crippen molar-refractivity contribution in [3.05, 3.63) is 73.8 Å². The van der Waals surface area contributed by atoms with E-state index in [9.17, 15) is 19.5 Å². The van der Waals surface area contributed by atoms with Crippen molar-refractivity contribution in [1.29, 1.82) is 0 Å². The fraction of sp³-hybridized carbons (Fsp3) is 0.273. The molecule has 1 aromatic carbocycles. The number of para-hydroxylation sites is 1. The van der Waals surface area contributed by atoms with Crippen LogP contribution < -0.4 is 10.5 Å². The molecule has 2 aromatic rings. The van der Waals surface area contributed by atoms with E-state index in [1.165, 1.54) is 4.57 Å². The lowest BCUT2D eigenvalue weighted by Crippen LogP contribution is -2.44. The van der Waals surface area contributed by atoms with E-state index >= 15 is 0 Å². The number of hydrogen-bond acceptors (Lipinski definition) is 6. The predicted octanol–water partition coefficient (Wildman–Crippen LogP) is 2.47. The molecule has 0 spiro atoms. The van der Waals surface area contributed by atoms with Gasteiger partial charge in [-0.25, -0.2) is 9.59 Å². The second kappa shape index (κ2) is 7.40. The number of cyclic esters (lactones) is 1. The molecule has 0 fully saturated rings. The van der Waals surface area contributed by atoms with Crippen LogP contribution in [0.1, 0.15) is 30.0 Å². The van der Waals surface area contributed by atoms with E-state index in [-0.39, 0.29) is 36.3 Å². The first-order chi connectivity index (χ1) is 14.3. The lowest BCUT2D eigenvalue weighted by atomic mass is 9.87. The molecular formula is C22H19BrN2O5. The van der Waals surface area contributed by atoms with Gasteiger partial charge in [0.25, 0.3) is 5.56 Å². The maximum atomic E-state index is 13.1. The number of aliphatic hydroxyl groups is 1. The van der Waals surface area contributed by atoms with Gasteiger partial charge in [0.15, 0.2) is 5.60 Å². The van der Waals surface area contributed by atoms with Crippen molar-refractivity contribution in [3.63, 3.8) is 0 Å². The number of ether oxygens (including phenoxy) is 1. The lowest BCUT2D eigenvalue weighted by molar-refractivity contribution is -0.172. The summed E-state index contributed by atoms with van der Waals surface area (Å²) in [6.45, 7) is 1.64. The summed E-state index contributed by atoms with van der Waals surface area (Å²) in [5.74, 6) is 1.25. The molecule has 7 nitrogen and oxygen atoms in total. The van der Waals surface area contributed by atoms with Crippen LogP contribution in [0.4, 0.5) is 5.69 Å². The molecule has 0 saturated heterocycles. The lowest BCUT2D eigenvalue weighted by Gasteiger charge is -2.33. The van der Waals surface area contributed by atoms with Crippen LogP contribution >= 0.6 is 15.9 Å². The van der Waals surface area contributed by atoms with Gasteiger partial charge in [-0.05, 0) is 34.5 Å². The smallest absolute Gasteiger partial charge is 0.343 e. The summed E-state index contributed by atoms with van der Waals surface area (Å²) in [4.78, 5) is 38.7. The van der Waals surface area contributed by atoms with Crippen molar-refractivity contribution in [2.24, 2.45) is 0 Å². The topological polar surface area (TPSA) is 88.8 Å². The molecule has 0 aliphatic carbocycles. The van der Waals surface area contributed by atoms with Crippen molar-refractivity contribution >= 4 is 39.1 Å². The summed E-state index contributed by atoms with van der Waals surface area (Å²) in [5.41, 5.74) is 1.03. The van der Waals surface area contributed by atoms with Gasteiger partial charge in [0.1, 0.15) is 12.5 Å². The van der Waals surface area contributed by atoms with Crippen molar-refractivity contribution in [3.8, 4) is 0 Å². The molecule has 4 rings (SSSR count). The molecular weight excluding hydrogens is 452 g/mol. The van der Waals surface area contributed by atoms with Crippen LogP contribution in [0.5, 0.6) is 0 Å². The van der Waals surface area contributed by atoms with Crippen molar-refractivity contribution < 1.29 is 19.4 Å². The number of carbonyl (C=O) groups excluding carboxylic acids is 2. The van der Waals surface area contributed by atoms with Crippen LogP contribution in [0.25, 0.3) is 5.57 Å². The van der Waals surface area contributed by atoms with E-state index in [1.54, 1.807) is 19.2 Å². The highest BCUT2D eigenvalue weighted by Gasteiger charge is 2.44.